The molecule has 5 nitrogen and oxygen atoms in total. The quantitative estimate of drug-likeness (QED) is 0.271. The lowest BCUT2D eigenvalue weighted by Crippen LogP contribution is -2.46. The Morgan fingerprint density at radius 3 is 2.50 bits per heavy atom. The van der Waals surface area contributed by atoms with Crippen LogP contribution in [0.2, 0.25) is 0 Å². The highest BCUT2D eigenvalue weighted by molar-refractivity contribution is 14.0. The number of primary amides is 1. The van der Waals surface area contributed by atoms with Gasteiger partial charge in [-0.25, -0.2) is 4.39 Å². The molecule has 4 N–H and O–H groups in total. The lowest BCUT2D eigenvalue weighted by molar-refractivity contribution is -0.121. The summed E-state index contributed by atoms with van der Waals surface area (Å²) in [5.74, 6) is -0.415. The van der Waals surface area contributed by atoms with Crippen molar-refractivity contribution in [2.24, 2.45) is 16.6 Å². The molecule has 0 saturated carbocycles. The second-order valence-electron chi connectivity index (χ2n) is 5.67. The highest BCUT2D eigenvalue weighted by Gasteiger charge is 2.18. The van der Waals surface area contributed by atoms with E-state index in [0.29, 0.717) is 25.0 Å². The summed E-state index contributed by atoms with van der Waals surface area (Å²) in [5, 5.41) is 6.45. The molecule has 7 heteroatoms. The summed E-state index contributed by atoms with van der Waals surface area (Å²) in [5.41, 5.74) is 6.36. The highest BCUT2D eigenvalue weighted by atomic mass is 127. The smallest absolute Gasteiger partial charge is 0.222 e. The van der Waals surface area contributed by atoms with Gasteiger partial charge in [0.05, 0.1) is 5.92 Å². The van der Waals surface area contributed by atoms with Gasteiger partial charge in [0, 0.05) is 19.6 Å². The van der Waals surface area contributed by atoms with Gasteiger partial charge in [0.2, 0.25) is 5.91 Å². The van der Waals surface area contributed by atoms with Crippen molar-refractivity contribution >= 4 is 35.8 Å². The van der Waals surface area contributed by atoms with Gasteiger partial charge in [-0.1, -0.05) is 24.3 Å². The van der Waals surface area contributed by atoms with Gasteiger partial charge in [0.15, 0.2) is 5.96 Å². The Kier molecular flexibility index (Phi) is 8.73. The van der Waals surface area contributed by atoms with Crippen LogP contribution in [-0.2, 0) is 11.2 Å². The molecule has 1 aliphatic rings. The van der Waals surface area contributed by atoms with E-state index in [1.54, 1.807) is 19.2 Å². The molecule has 2 rings (SSSR count). The number of carbonyl (C=O) groups is 1. The van der Waals surface area contributed by atoms with Gasteiger partial charge >= 0.3 is 0 Å². The molecule has 1 aromatic rings. The van der Waals surface area contributed by atoms with Crippen molar-refractivity contribution < 1.29 is 9.18 Å². The number of nitrogens with one attached hydrogen (secondary N) is 2. The summed E-state index contributed by atoms with van der Waals surface area (Å²) in [4.78, 5) is 15.8. The predicted molar refractivity (Wildman–Crippen MR) is 105 cm³/mol. The number of carbonyl (C=O) groups excluding carboxylic acids is 1. The lowest BCUT2D eigenvalue weighted by Gasteiger charge is -2.20. The first-order valence-electron chi connectivity index (χ1n) is 7.74. The van der Waals surface area contributed by atoms with E-state index in [0.717, 1.165) is 18.4 Å². The van der Waals surface area contributed by atoms with Gasteiger partial charge in [-0.2, -0.15) is 0 Å². The normalized spacial score (nSPS) is 15.7. The first-order chi connectivity index (χ1) is 11.1. The predicted octanol–water partition coefficient (Wildman–Crippen LogP) is 1.97. The van der Waals surface area contributed by atoms with Gasteiger partial charge in [-0.3, -0.25) is 9.79 Å². The molecule has 1 unspecified atom stereocenters. The first-order valence-corrected chi connectivity index (χ1v) is 7.74. The van der Waals surface area contributed by atoms with Crippen LogP contribution in [0.15, 0.2) is 41.4 Å². The molecule has 0 radical (unpaired) electrons. The van der Waals surface area contributed by atoms with E-state index in [9.17, 15) is 9.18 Å². The maximum absolute atomic E-state index is 12.9. The first kappa shape index (κ1) is 20.4. The average molecular weight is 446 g/mol. The third kappa shape index (κ3) is 6.46. The van der Waals surface area contributed by atoms with E-state index in [1.807, 2.05) is 0 Å². The van der Waals surface area contributed by atoms with E-state index in [2.05, 4.69) is 27.8 Å². The molecule has 0 saturated heterocycles. The van der Waals surface area contributed by atoms with Crippen LogP contribution in [0.4, 0.5) is 4.39 Å². The van der Waals surface area contributed by atoms with Gasteiger partial charge < -0.3 is 16.4 Å². The maximum atomic E-state index is 12.9. The standard InChI is InChI=1S/C17H23FN4O.HI/c1-20-17(22-15-4-2-3-5-15)21-11-13(16(19)23)10-12-6-8-14(18)9-7-12;/h2-3,6-9,13,15H,4-5,10-11H2,1H3,(H2,19,23)(H2,20,21,22);1H. The fourth-order valence-electron chi connectivity index (χ4n) is 2.52. The van der Waals surface area contributed by atoms with Crippen molar-refractivity contribution in [1.82, 2.24) is 10.6 Å². The Morgan fingerprint density at radius 1 is 1.33 bits per heavy atom. The minimum absolute atomic E-state index is 0. The van der Waals surface area contributed by atoms with Crippen LogP contribution in [0.3, 0.4) is 0 Å². The van der Waals surface area contributed by atoms with Crippen LogP contribution in [0.1, 0.15) is 18.4 Å². The van der Waals surface area contributed by atoms with Crippen molar-refractivity contribution in [2.45, 2.75) is 25.3 Å². The van der Waals surface area contributed by atoms with Crippen molar-refractivity contribution in [3.8, 4) is 0 Å². The fraction of sp³-hybridized carbons (Fsp3) is 0.412. The number of aliphatic imine (C=N–C) groups is 1. The van der Waals surface area contributed by atoms with Crippen LogP contribution in [0, 0.1) is 11.7 Å². The topological polar surface area (TPSA) is 79.5 Å². The number of nitrogens with zero attached hydrogens (tertiary/aromatic N) is 1. The SMILES string of the molecule is CN=C(NCC(Cc1ccc(F)cc1)C(N)=O)NC1CC=CC1.I. The van der Waals surface area contributed by atoms with Crippen molar-refractivity contribution in [3.63, 3.8) is 0 Å². The van der Waals surface area contributed by atoms with E-state index in [4.69, 9.17) is 5.73 Å². The Morgan fingerprint density at radius 2 is 1.96 bits per heavy atom. The van der Waals surface area contributed by atoms with Crippen LogP contribution in [-0.4, -0.2) is 31.5 Å². The van der Waals surface area contributed by atoms with Gasteiger partial charge in [-0.05, 0) is 37.0 Å². The van der Waals surface area contributed by atoms with E-state index in [1.165, 1.54) is 12.1 Å². The second-order valence-corrected chi connectivity index (χ2v) is 5.67. The molecule has 1 atom stereocenters. The molecule has 1 aliphatic carbocycles. The van der Waals surface area contributed by atoms with Gasteiger partial charge in [0.25, 0.3) is 0 Å². The summed E-state index contributed by atoms with van der Waals surface area (Å²) in [6.07, 6.45) is 6.66. The number of benzene rings is 1. The van der Waals surface area contributed by atoms with E-state index >= 15 is 0 Å². The molecule has 0 heterocycles. The van der Waals surface area contributed by atoms with Crippen LogP contribution in [0.5, 0.6) is 0 Å². The van der Waals surface area contributed by atoms with E-state index < -0.39 is 0 Å². The average Bonchev–Trinajstić information content (AvgIpc) is 3.04. The van der Waals surface area contributed by atoms with Crippen molar-refractivity contribution in [1.29, 1.82) is 0 Å². The van der Waals surface area contributed by atoms with Gasteiger partial charge in [0.1, 0.15) is 5.82 Å². The van der Waals surface area contributed by atoms with Crippen molar-refractivity contribution in [3.05, 3.63) is 47.8 Å². The van der Waals surface area contributed by atoms with Crippen molar-refractivity contribution in [2.75, 3.05) is 13.6 Å². The zero-order chi connectivity index (χ0) is 16.7. The van der Waals surface area contributed by atoms with E-state index in [-0.39, 0.29) is 41.6 Å². The highest BCUT2D eigenvalue weighted by Crippen LogP contribution is 2.10. The monoisotopic (exact) mass is 446 g/mol. The molecule has 24 heavy (non-hydrogen) atoms. The molecule has 0 aromatic heterocycles. The summed E-state index contributed by atoms with van der Waals surface area (Å²) < 4.78 is 12.9. The molecule has 0 spiro atoms. The minimum atomic E-state index is -0.389. The molecular formula is C17H24FIN4O. The molecule has 0 aliphatic heterocycles. The Hall–Kier alpha value is -1.64. The number of halogens is 2. The number of amides is 1. The Balaban J connectivity index is 0.00000288. The third-order valence-corrected chi connectivity index (χ3v) is 3.89. The number of nitrogens with two attached hydrogens (primary N) is 1. The molecule has 1 amide bonds. The number of hydrogen-bond acceptors (Lipinski definition) is 2. The molecule has 0 fully saturated rings. The Labute approximate surface area is 159 Å². The van der Waals surface area contributed by atoms with Crippen LogP contribution < -0.4 is 16.4 Å². The summed E-state index contributed by atoms with van der Waals surface area (Å²) in [7, 11) is 1.69. The largest absolute Gasteiger partial charge is 0.369 e. The number of rotatable bonds is 6. The summed E-state index contributed by atoms with van der Waals surface area (Å²) >= 11 is 0. The minimum Gasteiger partial charge on any atom is -0.369 e. The zero-order valence-electron chi connectivity index (χ0n) is 13.7. The lowest BCUT2D eigenvalue weighted by atomic mass is 9.98. The van der Waals surface area contributed by atoms with Crippen LogP contribution in [0.25, 0.3) is 0 Å². The van der Waals surface area contributed by atoms with Gasteiger partial charge in [-0.15, -0.1) is 24.0 Å². The molecular weight excluding hydrogens is 422 g/mol. The fourth-order valence-corrected chi connectivity index (χ4v) is 2.52. The molecule has 0 bridgehead atoms. The molecule has 1 aromatic carbocycles. The maximum Gasteiger partial charge on any atom is 0.222 e. The zero-order valence-corrected chi connectivity index (χ0v) is 16.0. The number of guanidine groups is 1. The molecule has 132 valence electrons. The van der Waals surface area contributed by atoms with Crippen LogP contribution >= 0.6 is 24.0 Å². The summed E-state index contributed by atoms with van der Waals surface area (Å²) in [6, 6.07) is 6.44. The summed E-state index contributed by atoms with van der Waals surface area (Å²) in [6.45, 7) is 0.381. The third-order valence-electron chi connectivity index (χ3n) is 3.89. The second kappa shape index (κ2) is 10.3. The Bertz CT molecular complexity index is 581. The number of hydrogen-bond donors (Lipinski definition) is 3.